The lowest BCUT2D eigenvalue weighted by Crippen LogP contribution is -2.40. The number of anilines is 1. The first-order valence-electron chi connectivity index (χ1n) is 9.65. The number of nitrogen functional groups attached to an aromatic ring is 1. The molecule has 5 N–H and O–H groups in total. The van der Waals surface area contributed by atoms with E-state index >= 15 is 0 Å². The van der Waals surface area contributed by atoms with E-state index in [1.165, 1.54) is 0 Å². The monoisotopic (exact) mass is 396 g/mol. The van der Waals surface area contributed by atoms with Gasteiger partial charge in [-0.25, -0.2) is 4.79 Å². The molecular weight excluding hydrogens is 368 g/mol. The Morgan fingerprint density at radius 1 is 1.03 bits per heavy atom. The van der Waals surface area contributed by atoms with Gasteiger partial charge in [0.25, 0.3) is 0 Å². The Labute approximate surface area is 171 Å². The molecule has 1 unspecified atom stereocenters. The van der Waals surface area contributed by atoms with Crippen molar-refractivity contribution in [3.63, 3.8) is 0 Å². The zero-order valence-corrected chi connectivity index (χ0v) is 16.8. The highest BCUT2D eigenvalue weighted by Crippen LogP contribution is 2.23. The van der Waals surface area contributed by atoms with Crippen LogP contribution in [0.15, 0.2) is 48.5 Å². The third-order valence-corrected chi connectivity index (χ3v) is 4.49. The van der Waals surface area contributed by atoms with Crippen LogP contribution in [0.2, 0.25) is 0 Å². The molecule has 0 fully saturated rings. The molecule has 1 atom stereocenters. The van der Waals surface area contributed by atoms with E-state index in [0.717, 1.165) is 16.9 Å². The van der Waals surface area contributed by atoms with Crippen LogP contribution in [0.25, 0.3) is 0 Å². The number of rotatable bonds is 10. The van der Waals surface area contributed by atoms with Crippen LogP contribution in [0.3, 0.4) is 0 Å². The number of benzene rings is 2. The van der Waals surface area contributed by atoms with Crippen LogP contribution in [-0.4, -0.2) is 30.7 Å². The highest BCUT2D eigenvalue weighted by Gasteiger charge is 2.21. The molecule has 0 aliphatic heterocycles. The summed E-state index contributed by atoms with van der Waals surface area (Å²) in [6.45, 7) is 4.52. The van der Waals surface area contributed by atoms with E-state index in [1.807, 2.05) is 50.2 Å². The zero-order valence-electron chi connectivity index (χ0n) is 16.8. The van der Waals surface area contributed by atoms with Crippen molar-refractivity contribution in [1.82, 2.24) is 10.6 Å². The third kappa shape index (κ3) is 6.64. The Morgan fingerprint density at radius 2 is 1.69 bits per heavy atom. The molecule has 2 aromatic rings. The SMILES string of the molecule is CCOc1ccc(C(CC)C(=N)C(=O)CNC(=O)NCc2ccc(N)cc2)cc1. The average molecular weight is 396 g/mol. The van der Waals surface area contributed by atoms with Crippen molar-refractivity contribution >= 4 is 23.2 Å². The summed E-state index contributed by atoms with van der Waals surface area (Å²) in [7, 11) is 0. The molecule has 2 aromatic carbocycles. The fraction of sp³-hybridized carbons (Fsp3) is 0.318. The molecule has 0 aliphatic carbocycles. The Hall–Kier alpha value is -3.35. The van der Waals surface area contributed by atoms with Crippen molar-refractivity contribution in [3.05, 3.63) is 59.7 Å². The highest BCUT2D eigenvalue weighted by molar-refractivity contribution is 6.41. The van der Waals surface area contributed by atoms with E-state index in [1.54, 1.807) is 12.1 Å². The molecule has 0 aromatic heterocycles. The van der Waals surface area contributed by atoms with Gasteiger partial charge >= 0.3 is 6.03 Å². The number of Topliss-reactive ketones (excluding diaryl/α,β-unsaturated/α-hetero) is 1. The number of carbonyl (C=O) groups is 2. The van der Waals surface area contributed by atoms with E-state index in [2.05, 4.69) is 10.6 Å². The summed E-state index contributed by atoms with van der Waals surface area (Å²) in [5, 5.41) is 13.5. The lowest BCUT2D eigenvalue weighted by molar-refractivity contribution is -0.112. The van der Waals surface area contributed by atoms with E-state index < -0.39 is 11.8 Å². The van der Waals surface area contributed by atoms with Gasteiger partial charge in [-0.3, -0.25) is 4.79 Å². The van der Waals surface area contributed by atoms with Gasteiger partial charge in [0, 0.05) is 18.2 Å². The van der Waals surface area contributed by atoms with Gasteiger partial charge in [-0.15, -0.1) is 0 Å². The molecule has 154 valence electrons. The number of nitrogens with one attached hydrogen (secondary N) is 3. The Bertz CT molecular complexity index is 832. The molecular formula is C22H28N4O3. The summed E-state index contributed by atoms with van der Waals surface area (Å²) >= 11 is 0. The topological polar surface area (TPSA) is 117 Å². The molecule has 7 nitrogen and oxygen atoms in total. The number of carbonyl (C=O) groups excluding carboxylic acids is 2. The average Bonchev–Trinajstić information content (AvgIpc) is 2.73. The molecule has 0 saturated carbocycles. The summed E-state index contributed by atoms with van der Waals surface area (Å²) < 4.78 is 5.43. The second kappa shape index (κ2) is 10.8. The molecule has 7 heteroatoms. The Morgan fingerprint density at radius 3 is 2.28 bits per heavy atom. The van der Waals surface area contributed by atoms with Gasteiger partial charge in [0.05, 0.1) is 18.9 Å². The van der Waals surface area contributed by atoms with Crippen LogP contribution >= 0.6 is 0 Å². The van der Waals surface area contributed by atoms with Crippen LogP contribution in [0.4, 0.5) is 10.5 Å². The van der Waals surface area contributed by atoms with E-state index in [9.17, 15) is 9.59 Å². The Kier molecular flexibility index (Phi) is 8.21. The summed E-state index contributed by atoms with van der Waals surface area (Å²) in [6.07, 6.45) is 0.613. The highest BCUT2D eigenvalue weighted by atomic mass is 16.5. The summed E-state index contributed by atoms with van der Waals surface area (Å²) in [5.74, 6) is 0.0228. The quantitative estimate of drug-likeness (QED) is 0.364. The van der Waals surface area contributed by atoms with Crippen LogP contribution in [-0.2, 0) is 11.3 Å². The van der Waals surface area contributed by atoms with Gasteiger partial charge in [0.1, 0.15) is 5.75 Å². The number of urea groups is 1. The molecule has 0 aliphatic rings. The van der Waals surface area contributed by atoms with Crippen LogP contribution in [0.5, 0.6) is 5.75 Å². The first-order chi connectivity index (χ1) is 13.9. The smallest absolute Gasteiger partial charge is 0.315 e. The molecule has 0 heterocycles. The molecule has 0 spiro atoms. The van der Waals surface area contributed by atoms with Crippen molar-refractivity contribution in [2.24, 2.45) is 0 Å². The van der Waals surface area contributed by atoms with E-state index in [4.69, 9.17) is 15.9 Å². The molecule has 29 heavy (non-hydrogen) atoms. The lowest BCUT2D eigenvalue weighted by atomic mass is 9.89. The van der Waals surface area contributed by atoms with Gasteiger partial charge in [-0.1, -0.05) is 31.2 Å². The van der Waals surface area contributed by atoms with Crippen LogP contribution < -0.4 is 21.1 Å². The number of hydrogen-bond donors (Lipinski definition) is 4. The Balaban J connectivity index is 1.85. The maximum absolute atomic E-state index is 12.4. The minimum absolute atomic E-state index is 0.0181. The first-order valence-corrected chi connectivity index (χ1v) is 9.65. The number of nitrogens with two attached hydrogens (primary N) is 1. The third-order valence-electron chi connectivity index (χ3n) is 4.49. The second-order valence-electron chi connectivity index (χ2n) is 6.58. The molecule has 0 bridgehead atoms. The van der Waals surface area contributed by atoms with E-state index in [0.29, 0.717) is 25.3 Å². The van der Waals surface area contributed by atoms with Gasteiger partial charge < -0.3 is 26.5 Å². The van der Waals surface area contributed by atoms with Crippen molar-refractivity contribution in [2.75, 3.05) is 18.9 Å². The number of ketones is 1. The van der Waals surface area contributed by atoms with Crippen LogP contribution in [0, 0.1) is 5.41 Å². The maximum atomic E-state index is 12.4. The predicted molar refractivity (Wildman–Crippen MR) is 114 cm³/mol. The minimum Gasteiger partial charge on any atom is -0.494 e. The summed E-state index contributed by atoms with van der Waals surface area (Å²) in [6, 6.07) is 14.1. The van der Waals surface area contributed by atoms with Crippen molar-refractivity contribution in [2.45, 2.75) is 32.7 Å². The normalized spacial score (nSPS) is 11.4. The standard InChI is InChI=1S/C22H28N4O3/c1-3-19(16-7-11-18(12-8-16)29-4-2)21(24)20(27)14-26-22(28)25-13-15-5-9-17(23)10-6-15/h5-12,19,24H,3-4,13-14,23H2,1-2H3,(H2,25,26,28). The largest absolute Gasteiger partial charge is 0.494 e. The molecule has 2 rings (SSSR count). The zero-order chi connectivity index (χ0) is 21.2. The van der Waals surface area contributed by atoms with E-state index in [-0.39, 0.29) is 18.2 Å². The fourth-order valence-electron chi connectivity index (χ4n) is 2.90. The predicted octanol–water partition coefficient (Wildman–Crippen LogP) is 3.25. The van der Waals surface area contributed by atoms with Gasteiger partial charge in [0.2, 0.25) is 0 Å². The summed E-state index contributed by atoms with van der Waals surface area (Å²) in [4.78, 5) is 24.3. The first kappa shape index (κ1) is 21.9. The molecule has 0 radical (unpaired) electrons. The minimum atomic E-state index is -0.461. The molecule has 0 saturated heterocycles. The number of hydrogen-bond acceptors (Lipinski definition) is 5. The maximum Gasteiger partial charge on any atom is 0.315 e. The van der Waals surface area contributed by atoms with Crippen molar-refractivity contribution < 1.29 is 14.3 Å². The second-order valence-corrected chi connectivity index (χ2v) is 6.58. The van der Waals surface area contributed by atoms with Gasteiger partial charge in [0.15, 0.2) is 5.78 Å². The summed E-state index contributed by atoms with van der Waals surface area (Å²) in [5.41, 5.74) is 8.04. The number of amides is 2. The number of ether oxygens (including phenoxy) is 1. The molecule has 2 amide bonds. The van der Waals surface area contributed by atoms with Crippen LogP contribution in [0.1, 0.15) is 37.3 Å². The van der Waals surface area contributed by atoms with Crippen molar-refractivity contribution in [1.29, 1.82) is 5.41 Å². The van der Waals surface area contributed by atoms with Gasteiger partial charge in [-0.05, 0) is 48.7 Å². The fourth-order valence-corrected chi connectivity index (χ4v) is 2.90. The van der Waals surface area contributed by atoms with Crippen molar-refractivity contribution in [3.8, 4) is 5.75 Å². The lowest BCUT2D eigenvalue weighted by Gasteiger charge is -2.17. The van der Waals surface area contributed by atoms with Gasteiger partial charge in [-0.2, -0.15) is 0 Å².